The van der Waals surface area contributed by atoms with Crippen LogP contribution in [0.25, 0.3) is 0 Å². The van der Waals surface area contributed by atoms with Gasteiger partial charge in [0.25, 0.3) is 11.8 Å². The number of carbonyl (C=O) groups is 3. The van der Waals surface area contributed by atoms with Gasteiger partial charge in [0, 0.05) is 0 Å². The summed E-state index contributed by atoms with van der Waals surface area (Å²) < 4.78 is 44.9. The van der Waals surface area contributed by atoms with Crippen molar-refractivity contribution < 1.29 is 37.0 Å². The number of imide groups is 1. The van der Waals surface area contributed by atoms with Gasteiger partial charge in [-0.05, 0) is 36.4 Å². The maximum atomic E-state index is 12.1. The van der Waals surface area contributed by atoms with Crippen LogP contribution in [-0.4, -0.2) is 35.8 Å². The molecule has 0 aliphatic carbocycles. The fourth-order valence-electron chi connectivity index (χ4n) is 2.36. The molecule has 0 atom stereocenters. The van der Waals surface area contributed by atoms with E-state index in [1.54, 1.807) is 12.1 Å². The first-order valence-corrected chi connectivity index (χ1v) is 7.24. The van der Waals surface area contributed by atoms with Crippen molar-refractivity contribution in [1.82, 2.24) is 4.90 Å². The van der Waals surface area contributed by atoms with Gasteiger partial charge >= 0.3 is 12.3 Å². The Labute approximate surface area is 144 Å². The average molecular weight is 365 g/mol. The second-order valence-corrected chi connectivity index (χ2v) is 5.22. The van der Waals surface area contributed by atoms with Gasteiger partial charge < -0.3 is 9.47 Å². The van der Waals surface area contributed by atoms with E-state index < -0.39 is 36.6 Å². The molecule has 6 nitrogen and oxygen atoms in total. The van der Waals surface area contributed by atoms with E-state index in [2.05, 4.69) is 4.74 Å². The molecule has 2 aromatic carbocycles. The van der Waals surface area contributed by atoms with Crippen LogP contribution in [0.2, 0.25) is 0 Å². The van der Waals surface area contributed by atoms with E-state index in [-0.39, 0.29) is 16.7 Å². The number of esters is 1. The van der Waals surface area contributed by atoms with E-state index in [4.69, 9.17) is 4.74 Å². The van der Waals surface area contributed by atoms with Crippen LogP contribution in [0.3, 0.4) is 0 Å². The summed E-state index contributed by atoms with van der Waals surface area (Å²) >= 11 is 0. The van der Waals surface area contributed by atoms with Crippen LogP contribution < -0.4 is 4.74 Å². The van der Waals surface area contributed by atoms with E-state index in [1.165, 1.54) is 12.1 Å². The molecule has 134 valence electrons. The second-order valence-electron chi connectivity index (χ2n) is 5.22. The number of hydrogen-bond acceptors (Lipinski definition) is 5. The molecular weight excluding hydrogens is 355 g/mol. The molecule has 0 spiro atoms. The molecule has 1 aliphatic rings. The summed E-state index contributed by atoms with van der Waals surface area (Å²) in [5.41, 5.74) is 0.362. The van der Waals surface area contributed by atoms with Crippen LogP contribution in [0.4, 0.5) is 13.2 Å². The predicted molar refractivity (Wildman–Crippen MR) is 80.3 cm³/mol. The maximum absolute atomic E-state index is 12.1. The summed E-state index contributed by atoms with van der Waals surface area (Å²) in [7, 11) is 0. The van der Waals surface area contributed by atoms with E-state index in [9.17, 15) is 27.6 Å². The van der Waals surface area contributed by atoms with Crippen molar-refractivity contribution in [2.45, 2.75) is 6.36 Å². The smallest absolute Gasteiger partial charge is 0.440 e. The highest BCUT2D eigenvalue weighted by Crippen LogP contribution is 2.24. The summed E-state index contributed by atoms with van der Waals surface area (Å²) in [6.07, 6.45) is -4.84. The molecule has 0 saturated heterocycles. The molecule has 9 heteroatoms. The van der Waals surface area contributed by atoms with E-state index in [0.29, 0.717) is 0 Å². The van der Waals surface area contributed by atoms with Crippen LogP contribution in [0.1, 0.15) is 31.1 Å². The van der Waals surface area contributed by atoms with Crippen LogP contribution in [-0.2, 0) is 4.74 Å². The summed E-state index contributed by atoms with van der Waals surface area (Å²) in [5.74, 6) is -2.57. The Bertz CT molecular complexity index is 842. The minimum atomic E-state index is -4.84. The maximum Gasteiger partial charge on any atom is 0.573 e. The van der Waals surface area contributed by atoms with E-state index >= 15 is 0 Å². The van der Waals surface area contributed by atoms with Gasteiger partial charge in [-0.3, -0.25) is 9.59 Å². The molecule has 3 rings (SSSR count). The van der Waals surface area contributed by atoms with Crippen molar-refractivity contribution in [1.29, 1.82) is 0 Å². The molecule has 1 heterocycles. The van der Waals surface area contributed by atoms with Gasteiger partial charge in [0.15, 0.2) is 6.73 Å². The van der Waals surface area contributed by atoms with Crippen molar-refractivity contribution in [3.05, 3.63) is 65.2 Å². The second kappa shape index (κ2) is 6.51. The zero-order valence-corrected chi connectivity index (χ0v) is 12.9. The number of hydrogen-bond donors (Lipinski definition) is 0. The number of alkyl halides is 3. The molecular formula is C17H10F3NO5. The minimum Gasteiger partial charge on any atom is -0.440 e. The lowest BCUT2D eigenvalue weighted by Gasteiger charge is -2.14. The van der Waals surface area contributed by atoms with Gasteiger partial charge in [-0.1, -0.05) is 12.1 Å². The molecule has 0 aromatic heterocycles. The van der Waals surface area contributed by atoms with Crippen molar-refractivity contribution in [3.8, 4) is 5.75 Å². The zero-order chi connectivity index (χ0) is 18.9. The number of nitrogens with zero attached hydrogens (tertiary/aromatic N) is 1. The third kappa shape index (κ3) is 3.51. The molecule has 0 bridgehead atoms. The molecule has 0 fully saturated rings. The lowest BCUT2D eigenvalue weighted by Crippen LogP contribution is -2.33. The Balaban J connectivity index is 1.63. The lowest BCUT2D eigenvalue weighted by atomic mass is 10.1. The van der Waals surface area contributed by atoms with Gasteiger partial charge in [-0.15, -0.1) is 13.2 Å². The van der Waals surface area contributed by atoms with Crippen molar-refractivity contribution >= 4 is 17.8 Å². The quantitative estimate of drug-likeness (QED) is 0.615. The van der Waals surface area contributed by atoms with Gasteiger partial charge in [0.1, 0.15) is 5.75 Å². The number of fused-ring (bicyclic) bond motifs is 1. The van der Waals surface area contributed by atoms with Crippen molar-refractivity contribution in [2.24, 2.45) is 0 Å². The summed E-state index contributed by atoms with van der Waals surface area (Å²) in [6.45, 7) is -0.605. The van der Waals surface area contributed by atoms with Gasteiger partial charge in [-0.25, -0.2) is 9.69 Å². The fraction of sp³-hybridized carbons (Fsp3) is 0.118. The molecule has 0 saturated carbocycles. The molecule has 2 amide bonds. The van der Waals surface area contributed by atoms with Crippen LogP contribution in [0.15, 0.2) is 48.5 Å². The average Bonchev–Trinajstić information content (AvgIpc) is 2.83. The Kier molecular flexibility index (Phi) is 4.37. The molecule has 0 N–H and O–H groups in total. The fourth-order valence-corrected chi connectivity index (χ4v) is 2.36. The van der Waals surface area contributed by atoms with E-state index in [1.807, 2.05) is 0 Å². The Morgan fingerprint density at radius 2 is 1.46 bits per heavy atom. The Morgan fingerprint density at radius 1 is 0.923 bits per heavy atom. The first-order valence-electron chi connectivity index (χ1n) is 7.24. The molecule has 0 unspecified atom stereocenters. The topological polar surface area (TPSA) is 72.9 Å². The van der Waals surface area contributed by atoms with Gasteiger partial charge in [-0.2, -0.15) is 0 Å². The highest BCUT2D eigenvalue weighted by Gasteiger charge is 2.36. The summed E-state index contributed by atoms with van der Waals surface area (Å²) in [6, 6.07) is 10.2. The molecule has 2 aromatic rings. The molecule has 1 aliphatic heterocycles. The number of carbonyl (C=O) groups excluding carboxylic acids is 3. The summed E-state index contributed by atoms with van der Waals surface area (Å²) in [5, 5.41) is 0. The number of amides is 2. The normalized spacial score (nSPS) is 13.6. The SMILES string of the molecule is O=C(OCN1C(=O)c2ccccc2C1=O)c1ccc(OC(F)(F)F)cc1. The molecule has 26 heavy (non-hydrogen) atoms. The minimum absolute atomic E-state index is 0.0591. The number of benzene rings is 2. The first-order chi connectivity index (χ1) is 12.3. The van der Waals surface area contributed by atoms with Crippen LogP contribution >= 0.6 is 0 Å². The van der Waals surface area contributed by atoms with Crippen LogP contribution in [0, 0.1) is 0 Å². The Morgan fingerprint density at radius 3 is 1.96 bits per heavy atom. The number of rotatable bonds is 4. The standard InChI is InChI=1S/C17H10F3NO5/c18-17(19,20)26-11-7-5-10(6-8-11)16(24)25-9-21-14(22)12-3-1-2-4-13(12)15(21)23/h1-8H,9H2. The van der Waals surface area contributed by atoms with E-state index in [0.717, 1.165) is 29.2 Å². The zero-order valence-electron chi connectivity index (χ0n) is 12.9. The van der Waals surface area contributed by atoms with Gasteiger partial charge in [0.05, 0.1) is 16.7 Å². The van der Waals surface area contributed by atoms with Crippen molar-refractivity contribution in [3.63, 3.8) is 0 Å². The lowest BCUT2D eigenvalue weighted by molar-refractivity contribution is -0.274. The largest absolute Gasteiger partial charge is 0.573 e. The monoisotopic (exact) mass is 365 g/mol. The highest BCUT2D eigenvalue weighted by molar-refractivity contribution is 6.21. The van der Waals surface area contributed by atoms with Crippen molar-refractivity contribution in [2.75, 3.05) is 6.73 Å². The highest BCUT2D eigenvalue weighted by atomic mass is 19.4. The first kappa shape index (κ1) is 17.5. The predicted octanol–water partition coefficient (Wildman–Crippen LogP) is 3.00. The number of halogens is 3. The molecule has 0 radical (unpaired) electrons. The Hall–Kier alpha value is -3.36. The third-order valence-corrected chi connectivity index (χ3v) is 3.53. The third-order valence-electron chi connectivity index (χ3n) is 3.53. The van der Waals surface area contributed by atoms with Gasteiger partial charge in [0.2, 0.25) is 0 Å². The summed E-state index contributed by atoms with van der Waals surface area (Å²) in [4.78, 5) is 37.0. The van der Waals surface area contributed by atoms with Crippen LogP contribution in [0.5, 0.6) is 5.75 Å². The number of ether oxygens (including phenoxy) is 2.